The number of amides is 1. The Bertz CT molecular complexity index is 834. The molecule has 1 aromatic heterocycles. The van der Waals surface area contributed by atoms with E-state index in [1.54, 1.807) is 24.5 Å². The third kappa shape index (κ3) is 5.06. The fraction of sp³-hybridized carbons (Fsp3) is 0.476. The van der Waals surface area contributed by atoms with Gasteiger partial charge < -0.3 is 9.80 Å². The first-order valence-corrected chi connectivity index (χ1v) is 10.7. The molecule has 30 heavy (non-hydrogen) atoms. The SMILES string of the molecule is O=C(CN1CCN(c2ncccn2)CC1)N1CCN(Cc2c(F)cccc2Cl)CC1. The van der Waals surface area contributed by atoms with Gasteiger partial charge in [-0.2, -0.15) is 0 Å². The van der Waals surface area contributed by atoms with Crippen molar-refractivity contribution < 1.29 is 9.18 Å². The minimum absolute atomic E-state index is 0.156. The first-order valence-electron chi connectivity index (χ1n) is 10.3. The maximum absolute atomic E-state index is 14.0. The summed E-state index contributed by atoms with van der Waals surface area (Å²) in [5, 5.41) is 0.452. The second-order valence-electron chi connectivity index (χ2n) is 7.67. The van der Waals surface area contributed by atoms with Crippen LogP contribution in [-0.4, -0.2) is 89.5 Å². The normalized spacial score (nSPS) is 18.6. The highest BCUT2D eigenvalue weighted by Gasteiger charge is 2.26. The molecule has 2 aliphatic rings. The third-order valence-electron chi connectivity index (χ3n) is 5.73. The predicted octanol–water partition coefficient (Wildman–Crippen LogP) is 1.74. The molecule has 0 bridgehead atoms. The molecule has 9 heteroatoms. The molecule has 0 saturated carbocycles. The molecule has 2 aromatic rings. The van der Waals surface area contributed by atoms with Crippen LogP contribution in [-0.2, 0) is 11.3 Å². The number of benzene rings is 1. The summed E-state index contributed by atoms with van der Waals surface area (Å²) in [6, 6.07) is 6.57. The van der Waals surface area contributed by atoms with Crippen molar-refractivity contribution >= 4 is 23.5 Å². The van der Waals surface area contributed by atoms with Crippen LogP contribution in [0.2, 0.25) is 5.02 Å². The zero-order chi connectivity index (χ0) is 20.9. The van der Waals surface area contributed by atoms with Crippen LogP contribution < -0.4 is 4.90 Å². The molecule has 1 aromatic carbocycles. The van der Waals surface area contributed by atoms with Crippen LogP contribution in [0.5, 0.6) is 0 Å². The average molecular weight is 433 g/mol. The number of carbonyl (C=O) groups is 1. The van der Waals surface area contributed by atoms with E-state index in [4.69, 9.17) is 11.6 Å². The van der Waals surface area contributed by atoms with Crippen LogP contribution in [0, 0.1) is 5.82 Å². The standard InChI is InChI=1S/C21H26ClFN6O/c22-18-3-1-4-19(23)17(18)15-26-7-11-28(12-8-26)20(30)16-27-9-13-29(14-10-27)21-24-5-2-6-25-21/h1-6H,7-16H2. The number of hydrogen-bond donors (Lipinski definition) is 0. The smallest absolute Gasteiger partial charge is 0.236 e. The number of halogens is 2. The van der Waals surface area contributed by atoms with E-state index in [2.05, 4.69) is 24.7 Å². The first kappa shape index (κ1) is 21.0. The molecule has 0 spiro atoms. The van der Waals surface area contributed by atoms with Gasteiger partial charge in [0.2, 0.25) is 11.9 Å². The van der Waals surface area contributed by atoms with E-state index >= 15 is 0 Å². The number of aromatic nitrogens is 2. The van der Waals surface area contributed by atoms with Crippen LogP contribution in [0.1, 0.15) is 5.56 Å². The first-order chi connectivity index (χ1) is 14.6. The van der Waals surface area contributed by atoms with Crippen molar-refractivity contribution in [2.24, 2.45) is 0 Å². The number of piperazine rings is 2. The Morgan fingerprint density at radius 2 is 1.60 bits per heavy atom. The van der Waals surface area contributed by atoms with Gasteiger partial charge in [-0.1, -0.05) is 17.7 Å². The van der Waals surface area contributed by atoms with Crippen molar-refractivity contribution in [1.29, 1.82) is 0 Å². The summed E-state index contributed by atoms with van der Waals surface area (Å²) in [6.45, 7) is 6.91. The summed E-state index contributed by atoms with van der Waals surface area (Å²) in [5.74, 6) is 0.624. The van der Waals surface area contributed by atoms with E-state index in [1.165, 1.54) is 6.07 Å². The van der Waals surface area contributed by atoms with Crippen molar-refractivity contribution in [3.63, 3.8) is 0 Å². The van der Waals surface area contributed by atoms with Gasteiger partial charge in [-0.25, -0.2) is 14.4 Å². The van der Waals surface area contributed by atoms with Gasteiger partial charge in [-0.15, -0.1) is 0 Å². The fourth-order valence-electron chi connectivity index (χ4n) is 3.91. The summed E-state index contributed by atoms with van der Waals surface area (Å²) in [5.41, 5.74) is 0.527. The molecule has 1 amide bonds. The lowest BCUT2D eigenvalue weighted by molar-refractivity contribution is -0.134. The Labute approximate surface area is 181 Å². The van der Waals surface area contributed by atoms with Crippen molar-refractivity contribution in [2.75, 3.05) is 63.8 Å². The summed E-state index contributed by atoms with van der Waals surface area (Å²) >= 11 is 6.14. The molecule has 0 radical (unpaired) electrons. The fourth-order valence-corrected chi connectivity index (χ4v) is 4.14. The lowest BCUT2D eigenvalue weighted by Crippen LogP contribution is -2.53. The van der Waals surface area contributed by atoms with Gasteiger partial charge in [0.15, 0.2) is 0 Å². The molecule has 0 aliphatic carbocycles. The van der Waals surface area contributed by atoms with E-state index < -0.39 is 0 Å². The summed E-state index contributed by atoms with van der Waals surface area (Å²) in [7, 11) is 0. The Morgan fingerprint density at radius 1 is 0.933 bits per heavy atom. The van der Waals surface area contributed by atoms with E-state index in [-0.39, 0.29) is 11.7 Å². The predicted molar refractivity (Wildman–Crippen MR) is 114 cm³/mol. The minimum Gasteiger partial charge on any atom is -0.339 e. The van der Waals surface area contributed by atoms with E-state index in [0.29, 0.717) is 36.8 Å². The number of rotatable bonds is 5. The quantitative estimate of drug-likeness (QED) is 0.717. The molecular weight excluding hydrogens is 407 g/mol. The largest absolute Gasteiger partial charge is 0.339 e. The maximum atomic E-state index is 14.0. The summed E-state index contributed by atoms with van der Waals surface area (Å²) in [6.07, 6.45) is 3.50. The molecule has 2 fully saturated rings. The van der Waals surface area contributed by atoms with E-state index in [0.717, 1.165) is 45.2 Å². The number of carbonyl (C=O) groups excluding carboxylic acids is 1. The molecule has 0 unspecified atom stereocenters. The molecule has 7 nitrogen and oxygen atoms in total. The van der Waals surface area contributed by atoms with Gasteiger partial charge in [0, 0.05) is 81.9 Å². The third-order valence-corrected chi connectivity index (χ3v) is 6.09. The Balaban J connectivity index is 1.21. The monoisotopic (exact) mass is 432 g/mol. The van der Waals surface area contributed by atoms with Crippen LogP contribution in [0.15, 0.2) is 36.7 Å². The Kier molecular flexibility index (Phi) is 6.76. The molecule has 4 rings (SSSR count). The molecule has 0 N–H and O–H groups in total. The van der Waals surface area contributed by atoms with Gasteiger partial charge in [0.25, 0.3) is 0 Å². The molecule has 2 aliphatic heterocycles. The van der Waals surface area contributed by atoms with Gasteiger partial charge in [0.05, 0.1) is 6.54 Å². The van der Waals surface area contributed by atoms with E-state index in [1.807, 2.05) is 11.0 Å². The zero-order valence-corrected chi connectivity index (χ0v) is 17.6. The Morgan fingerprint density at radius 3 is 2.27 bits per heavy atom. The van der Waals surface area contributed by atoms with Crippen molar-refractivity contribution in [3.05, 3.63) is 53.1 Å². The van der Waals surface area contributed by atoms with Crippen molar-refractivity contribution in [2.45, 2.75) is 6.54 Å². The lowest BCUT2D eigenvalue weighted by Gasteiger charge is -2.38. The maximum Gasteiger partial charge on any atom is 0.236 e. The van der Waals surface area contributed by atoms with Crippen molar-refractivity contribution in [3.8, 4) is 0 Å². The Hall–Kier alpha value is -2.29. The minimum atomic E-state index is -0.277. The molecule has 3 heterocycles. The van der Waals surface area contributed by atoms with Crippen LogP contribution >= 0.6 is 11.6 Å². The number of anilines is 1. The van der Waals surface area contributed by atoms with Gasteiger partial charge in [-0.05, 0) is 18.2 Å². The van der Waals surface area contributed by atoms with Gasteiger partial charge in [0.1, 0.15) is 5.82 Å². The molecule has 2 saturated heterocycles. The summed E-state index contributed by atoms with van der Waals surface area (Å²) < 4.78 is 14.0. The highest BCUT2D eigenvalue weighted by atomic mass is 35.5. The van der Waals surface area contributed by atoms with Gasteiger partial charge in [-0.3, -0.25) is 14.6 Å². The van der Waals surface area contributed by atoms with Crippen LogP contribution in [0.4, 0.5) is 10.3 Å². The van der Waals surface area contributed by atoms with E-state index in [9.17, 15) is 9.18 Å². The lowest BCUT2D eigenvalue weighted by atomic mass is 10.2. The van der Waals surface area contributed by atoms with Crippen LogP contribution in [0.3, 0.4) is 0 Å². The molecule has 0 atom stereocenters. The zero-order valence-electron chi connectivity index (χ0n) is 16.9. The van der Waals surface area contributed by atoms with Crippen molar-refractivity contribution in [1.82, 2.24) is 24.7 Å². The van der Waals surface area contributed by atoms with Gasteiger partial charge >= 0.3 is 0 Å². The second-order valence-corrected chi connectivity index (χ2v) is 8.08. The molecular formula is C21H26ClFN6O. The summed E-state index contributed by atoms with van der Waals surface area (Å²) in [4.78, 5) is 29.7. The number of hydrogen-bond acceptors (Lipinski definition) is 6. The average Bonchev–Trinajstić information content (AvgIpc) is 2.78. The second kappa shape index (κ2) is 9.68. The highest BCUT2D eigenvalue weighted by Crippen LogP contribution is 2.21. The number of nitrogens with zero attached hydrogens (tertiary/aromatic N) is 6. The molecule has 160 valence electrons. The highest BCUT2D eigenvalue weighted by molar-refractivity contribution is 6.31. The topological polar surface area (TPSA) is 55.8 Å². The van der Waals surface area contributed by atoms with Crippen LogP contribution in [0.25, 0.3) is 0 Å².